The van der Waals surface area contributed by atoms with Crippen LogP contribution in [0.1, 0.15) is 21.5 Å². The molecule has 36 heavy (non-hydrogen) atoms. The van der Waals surface area contributed by atoms with E-state index in [4.69, 9.17) is 0 Å². The van der Waals surface area contributed by atoms with Crippen molar-refractivity contribution in [3.63, 3.8) is 0 Å². The summed E-state index contributed by atoms with van der Waals surface area (Å²) in [6.45, 7) is -0.0636. The highest BCUT2D eigenvalue weighted by Gasteiger charge is 2.31. The minimum Gasteiger partial charge on any atom is -0.322 e. The fraction of sp³-hybridized carbons (Fsp3) is 0.0741. The first kappa shape index (κ1) is 25.0. The topological polar surface area (TPSA) is 66.5 Å². The molecule has 9 heteroatoms. The molecule has 4 aromatic carbocycles. The highest BCUT2D eigenvalue weighted by atomic mass is 32.2. The molecule has 184 valence electrons. The number of nitrogens with one attached hydrogen (secondary N) is 1. The number of rotatable bonds is 7. The Morgan fingerprint density at radius 2 is 1.39 bits per heavy atom. The lowest BCUT2D eigenvalue weighted by Crippen LogP contribution is -2.32. The Balaban J connectivity index is 1.76. The normalized spacial score (nSPS) is 11.6. The third-order valence-electron chi connectivity index (χ3n) is 5.37. The van der Waals surface area contributed by atoms with E-state index < -0.39 is 27.7 Å². The number of para-hydroxylation sites is 1. The van der Waals surface area contributed by atoms with Crippen molar-refractivity contribution in [1.82, 2.24) is 0 Å². The second kappa shape index (κ2) is 10.2. The molecule has 0 atom stereocenters. The molecule has 0 aliphatic rings. The first-order valence-corrected chi connectivity index (χ1v) is 12.3. The fourth-order valence-corrected chi connectivity index (χ4v) is 5.12. The maximum Gasteiger partial charge on any atom is 0.416 e. The number of halogens is 3. The molecule has 0 aromatic heterocycles. The molecule has 0 aliphatic heterocycles. The van der Waals surface area contributed by atoms with Gasteiger partial charge in [-0.2, -0.15) is 13.2 Å². The summed E-state index contributed by atoms with van der Waals surface area (Å²) in [4.78, 5) is 13.2. The van der Waals surface area contributed by atoms with Crippen LogP contribution in [0.2, 0.25) is 0 Å². The van der Waals surface area contributed by atoms with Crippen molar-refractivity contribution in [2.75, 3.05) is 9.62 Å². The Kier molecular flexibility index (Phi) is 7.12. The van der Waals surface area contributed by atoms with Gasteiger partial charge in [-0.3, -0.25) is 9.10 Å². The van der Waals surface area contributed by atoms with Gasteiger partial charge in [0, 0.05) is 5.69 Å². The van der Waals surface area contributed by atoms with Crippen molar-refractivity contribution >= 4 is 27.3 Å². The molecule has 1 amide bonds. The molecule has 4 aromatic rings. The van der Waals surface area contributed by atoms with Gasteiger partial charge in [-0.15, -0.1) is 0 Å². The first-order chi connectivity index (χ1) is 17.2. The number of sulfonamides is 1. The molecule has 0 aliphatic carbocycles. The highest BCUT2D eigenvalue weighted by molar-refractivity contribution is 7.92. The molecular formula is C27H21F3N2O3S. The lowest BCUT2D eigenvalue weighted by Gasteiger charge is -2.26. The average Bonchev–Trinajstić information content (AvgIpc) is 2.88. The van der Waals surface area contributed by atoms with E-state index in [2.05, 4.69) is 5.32 Å². The van der Waals surface area contributed by atoms with Gasteiger partial charge in [-0.25, -0.2) is 8.42 Å². The van der Waals surface area contributed by atoms with Crippen LogP contribution < -0.4 is 9.62 Å². The third-order valence-corrected chi connectivity index (χ3v) is 7.14. The Morgan fingerprint density at radius 3 is 2.06 bits per heavy atom. The Hall–Kier alpha value is -4.11. The van der Waals surface area contributed by atoms with Gasteiger partial charge < -0.3 is 5.32 Å². The lowest BCUT2D eigenvalue weighted by molar-refractivity contribution is -0.137. The van der Waals surface area contributed by atoms with E-state index in [1.165, 1.54) is 36.4 Å². The lowest BCUT2D eigenvalue weighted by atomic mass is 10.1. The van der Waals surface area contributed by atoms with E-state index in [1.807, 2.05) is 0 Å². The average molecular weight is 511 g/mol. The number of nitrogens with zero attached hydrogens (tertiary/aromatic N) is 1. The summed E-state index contributed by atoms with van der Waals surface area (Å²) in [7, 11) is -4.10. The van der Waals surface area contributed by atoms with Gasteiger partial charge in [-0.1, -0.05) is 66.7 Å². The number of hydrogen-bond donors (Lipinski definition) is 1. The summed E-state index contributed by atoms with van der Waals surface area (Å²) in [5, 5.41) is 2.46. The van der Waals surface area contributed by atoms with Crippen LogP contribution in [0.25, 0.3) is 0 Å². The zero-order valence-electron chi connectivity index (χ0n) is 18.8. The number of carbonyl (C=O) groups excluding carboxylic acids is 1. The third kappa shape index (κ3) is 5.58. The predicted octanol–water partition coefficient (Wildman–Crippen LogP) is 6.35. The molecule has 0 saturated heterocycles. The van der Waals surface area contributed by atoms with Gasteiger partial charge in [0.05, 0.1) is 28.3 Å². The van der Waals surface area contributed by atoms with Crippen LogP contribution >= 0.6 is 0 Å². The van der Waals surface area contributed by atoms with Crippen molar-refractivity contribution in [3.8, 4) is 0 Å². The van der Waals surface area contributed by atoms with E-state index >= 15 is 0 Å². The van der Waals surface area contributed by atoms with Gasteiger partial charge in [-0.05, 0) is 48.0 Å². The predicted molar refractivity (Wildman–Crippen MR) is 132 cm³/mol. The van der Waals surface area contributed by atoms with Crippen molar-refractivity contribution in [2.45, 2.75) is 17.6 Å². The maximum absolute atomic E-state index is 13.7. The van der Waals surface area contributed by atoms with E-state index in [0.717, 1.165) is 16.4 Å². The summed E-state index contributed by atoms with van der Waals surface area (Å²) >= 11 is 0. The molecule has 0 fully saturated rings. The van der Waals surface area contributed by atoms with Gasteiger partial charge in [0.2, 0.25) is 0 Å². The van der Waals surface area contributed by atoms with Crippen molar-refractivity contribution < 1.29 is 26.4 Å². The zero-order chi connectivity index (χ0) is 25.8. The zero-order valence-corrected chi connectivity index (χ0v) is 19.6. The molecule has 0 bridgehead atoms. The summed E-state index contributed by atoms with van der Waals surface area (Å²) in [5.41, 5.74) is -0.207. The molecule has 4 rings (SSSR count). The van der Waals surface area contributed by atoms with Gasteiger partial charge in [0.1, 0.15) is 0 Å². The van der Waals surface area contributed by atoms with Gasteiger partial charge in [0.25, 0.3) is 15.9 Å². The summed E-state index contributed by atoms with van der Waals surface area (Å²) in [6.07, 6.45) is -4.57. The molecule has 0 saturated carbocycles. The summed E-state index contributed by atoms with van der Waals surface area (Å²) in [5.74, 6) is -0.744. The Bertz CT molecular complexity index is 1460. The van der Waals surface area contributed by atoms with E-state index in [9.17, 15) is 26.4 Å². The standard InChI is InChI=1S/C27H21F3N2O3S/c28-27(29,30)21-12-9-13-22(18-21)31-26(33)24-16-7-8-17-25(24)32(19-20-10-3-1-4-11-20)36(34,35)23-14-5-2-6-15-23/h1-18H,19H2,(H,31,33). The largest absolute Gasteiger partial charge is 0.416 e. The number of anilines is 2. The Labute approximate surface area is 206 Å². The molecule has 0 heterocycles. The number of benzene rings is 4. The number of alkyl halides is 3. The van der Waals surface area contributed by atoms with Crippen LogP contribution in [-0.2, 0) is 22.7 Å². The van der Waals surface area contributed by atoms with Gasteiger partial charge in [0.15, 0.2) is 0 Å². The van der Waals surface area contributed by atoms with E-state index in [0.29, 0.717) is 5.56 Å². The summed E-state index contributed by atoms with van der Waals surface area (Å²) < 4.78 is 67.8. The molecule has 1 N–H and O–H groups in total. The van der Waals surface area contributed by atoms with E-state index in [1.54, 1.807) is 60.7 Å². The fourth-order valence-electron chi connectivity index (χ4n) is 3.62. The van der Waals surface area contributed by atoms with Crippen LogP contribution in [0.15, 0.2) is 114 Å². The summed E-state index contributed by atoms with van der Waals surface area (Å²) in [6, 6.07) is 27.0. The molecule has 0 spiro atoms. The number of carbonyl (C=O) groups is 1. The van der Waals surface area contributed by atoms with Crippen molar-refractivity contribution in [3.05, 3.63) is 126 Å². The van der Waals surface area contributed by atoms with Crippen LogP contribution in [0, 0.1) is 0 Å². The maximum atomic E-state index is 13.7. The van der Waals surface area contributed by atoms with E-state index in [-0.39, 0.29) is 28.4 Å². The minimum absolute atomic E-state index is 0.00894. The second-order valence-corrected chi connectivity index (χ2v) is 9.72. The van der Waals surface area contributed by atoms with Crippen LogP contribution in [0.3, 0.4) is 0 Å². The molecule has 0 unspecified atom stereocenters. The van der Waals surface area contributed by atoms with Crippen molar-refractivity contribution in [2.24, 2.45) is 0 Å². The van der Waals surface area contributed by atoms with Crippen molar-refractivity contribution in [1.29, 1.82) is 0 Å². The van der Waals surface area contributed by atoms with Gasteiger partial charge >= 0.3 is 6.18 Å². The highest BCUT2D eigenvalue weighted by Crippen LogP contribution is 2.32. The van der Waals surface area contributed by atoms with Crippen LogP contribution in [-0.4, -0.2) is 14.3 Å². The van der Waals surface area contributed by atoms with Crippen LogP contribution in [0.5, 0.6) is 0 Å². The number of hydrogen-bond acceptors (Lipinski definition) is 3. The molecule has 0 radical (unpaired) electrons. The molecular weight excluding hydrogens is 489 g/mol. The van der Waals surface area contributed by atoms with Crippen LogP contribution in [0.4, 0.5) is 24.5 Å². The Morgan fingerprint density at radius 1 is 0.778 bits per heavy atom. The molecule has 5 nitrogen and oxygen atoms in total. The quantitative estimate of drug-likeness (QED) is 0.315. The smallest absolute Gasteiger partial charge is 0.322 e. The monoisotopic (exact) mass is 510 g/mol. The first-order valence-electron chi connectivity index (χ1n) is 10.9. The minimum atomic E-state index is -4.57. The number of amides is 1. The SMILES string of the molecule is O=C(Nc1cccc(C(F)(F)F)c1)c1ccccc1N(Cc1ccccc1)S(=O)(=O)c1ccccc1. The second-order valence-electron chi connectivity index (χ2n) is 7.86.